The lowest BCUT2D eigenvalue weighted by Crippen LogP contribution is -2.42. The number of benzene rings is 1. The highest BCUT2D eigenvalue weighted by Gasteiger charge is 2.22. The Balaban J connectivity index is 0.00000242. The van der Waals surface area contributed by atoms with E-state index >= 15 is 0 Å². The van der Waals surface area contributed by atoms with Crippen LogP contribution >= 0.6 is 12.4 Å². The molecule has 4 nitrogen and oxygen atoms in total. The smallest absolute Gasteiger partial charge is 0.260 e. The first-order chi connectivity index (χ1) is 10.1. The summed E-state index contributed by atoms with van der Waals surface area (Å²) >= 11 is 0. The quantitative estimate of drug-likeness (QED) is 0.904. The first kappa shape index (κ1) is 18.8. The second-order valence-electron chi connectivity index (χ2n) is 5.92. The number of carbonyl (C=O) groups is 1. The summed E-state index contributed by atoms with van der Waals surface area (Å²) in [6, 6.07) is 5.94. The van der Waals surface area contributed by atoms with Crippen molar-refractivity contribution in [1.82, 2.24) is 10.2 Å². The second kappa shape index (κ2) is 9.01. The number of piperidine rings is 1. The van der Waals surface area contributed by atoms with E-state index in [0.717, 1.165) is 38.2 Å². The van der Waals surface area contributed by atoms with Gasteiger partial charge in [-0.25, -0.2) is 0 Å². The molecule has 0 aliphatic carbocycles. The summed E-state index contributed by atoms with van der Waals surface area (Å²) in [6.07, 6.45) is 2.16. The Hall–Kier alpha value is -1.26. The van der Waals surface area contributed by atoms with Crippen LogP contribution in [0.5, 0.6) is 5.75 Å². The summed E-state index contributed by atoms with van der Waals surface area (Å²) in [7, 11) is 1.98. The van der Waals surface area contributed by atoms with Gasteiger partial charge in [0.2, 0.25) is 0 Å². The van der Waals surface area contributed by atoms with E-state index in [4.69, 9.17) is 4.74 Å². The van der Waals surface area contributed by atoms with E-state index in [1.54, 1.807) is 0 Å². The van der Waals surface area contributed by atoms with Crippen molar-refractivity contribution in [3.05, 3.63) is 29.3 Å². The second-order valence-corrected chi connectivity index (χ2v) is 5.92. The predicted molar refractivity (Wildman–Crippen MR) is 91.9 cm³/mol. The maximum absolute atomic E-state index is 12.2. The summed E-state index contributed by atoms with van der Waals surface area (Å²) in [6.45, 7) is 7.00. The Morgan fingerprint density at radius 2 is 1.95 bits per heavy atom. The van der Waals surface area contributed by atoms with Crippen LogP contribution in [0.15, 0.2) is 18.2 Å². The van der Waals surface area contributed by atoms with Crippen molar-refractivity contribution in [3.63, 3.8) is 0 Å². The zero-order valence-electron chi connectivity index (χ0n) is 13.7. The predicted octanol–water partition coefficient (Wildman–Crippen LogP) is 2.56. The van der Waals surface area contributed by atoms with Crippen molar-refractivity contribution in [2.24, 2.45) is 5.92 Å². The highest BCUT2D eigenvalue weighted by Crippen LogP contribution is 2.18. The maximum Gasteiger partial charge on any atom is 0.260 e. The minimum Gasteiger partial charge on any atom is -0.484 e. The number of hydrogen-bond acceptors (Lipinski definition) is 3. The van der Waals surface area contributed by atoms with Crippen molar-refractivity contribution in [1.29, 1.82) is 0 Å². The van der Waals surface area contributed by atoms with Crippen LogP contribution in [-0.2, 0) is 4.79 Å². The zero-order valence-corrected chi connectivity index (χ0v) is 14.5. The summed E-state index contributed by atoms with van der Waals surface area (Å²) in [4.78, 5) is 14.1. The minimum atomic E-state index is 0. The molecule has 1 aliphatic heterocycles. The van der Waals surface area contributed by atoms with Crippen LogP contribution in [0.2, 0.25) is 0 Å². The van der Waals surface area contributed by atoms with Gasteiger partial charge in [0.05, 0.1) is 0 Å². The van der Waals surface area contributed by atoms with Crippen molar-refractivity contribution < 1.29 is 9.53 Å². The fourth-order valence-electron chi connectivity index (χ4n) is 2.72. The number of halogens is 1. The first-order valence-corrected chi connectivity index (χ1v) is 7.72. The summed E-state index contributed by atoms with van der Waals surface area (Å²) in [5.74, 6) is 1.56. The van der Waals surface area contributed by atoms with Gasteiger partial charge in [0, 0.05) is 13.1 Å². The molecular weight excluding hydrogens is 300 g/mol. The zero-order chi connectivity index (χ0) is 15.2. The fourth-order valence-corrected chi connectivity index (χ4v) is 2.72. The molecule has 124 valence electrons. The van der Waals surface area contributed by atoms with Crippen LogP contribution in [0.4, 0.5) is 0 Å². The molecule has 1 N–H and O–H groups in total. The number of likely N-dealkylation sites (tertiary alicyclic amines) is 1. The van der Waals surface area contributed by atoms with Crippen LogP contribution < -0.4 is 10.1 Å². The van der Waals surface area contributed by atoms with Crippen molar-refractivity contribution in [2.75, 3.05) is 33.3 Å². The van der Waals surface area contributed by atoms with Gasteiger partial charge in [-0.15, -0.1) is 12.4 Å². The molecule has 0 saturated carbocycles. The van der Waals surface area contributed by atoms with Crippen LogP contribution in [0.1, 0.15) is 24.0 Å². The average Bonchev–Trinajstić information content (AvgIpc) is 2.49. The number of nitrogens with zero attached hydrogens (tertiary/aromatic N) is 1. The first-order valence-electron chi connectivity index (χ1n) is 7.72. The lowest BCUT2D eigenvalue weighted by Gasteiger charge is -2.31. The third-order valence-corrected chi connectivity index (χ3v) is 4.30. The maximum atomic E-state index is 12.2. The Bertz CT molecular complexity index is 486. The van der Waals surface area contributed by atoms with Crippen LogP contribution in [0.25, 0.3) is 0 Å². The fraction of sp³-hybridized carbons (Fsp3) is 0.588. The average molecular weight is 327 g/mol. The van der Waals surface area contributed by atoms with Gasteiger partial charge in [-0.2, -0.15) is 0 Å². The molecule has 1 aliphatic rings. The summed E-state index contributed by atoms with van der Waals surface area (Å²) in [5.41, 5.74) is 2.42. The number of carbonyl (C=O) groups excluding carboxylic acids is 1. The van der Waals surface area contributed by atoms with Gasteiger partial charge in [-0.05, 0) is 69.5 Å². The van der Waals surface area contributed by atoms with Crippen LogP contribution in [0.3, 0.4) is 0 Å². The van der Waals surface area contributed by atoms with E-state index in [1.807, 2.05) is 30.1 Å². The van der Waals surface area contributed by atoms with Gasteiger partial charge in [-0.1, -0.05) is 6.07 Å². The van der Waals surface area contributed by atoms with Crippen LogP contribution in [-0.4, -0.2) is 44.1 Å². The van der Waals surface area contributed by atoms with E-state index in [2.05, 4.69) is 19.2 Å². The molecule has 1 aromatic rings. The molecule has 1 aromatic carbocycles. The molecule has 0 unspecified atom stereocenters. The number of ether oxygens (including phenoxy) is 1. The number of hydrogen-bond donors (Lipinski definition) is 1. The van der Waals surface area contributed by atoms with E-state index in [-0.39, 0.29) is 24.9 Å². The Labute approximate surface area is 139 Å². The topological polar surface area (TPSA) is 41.6 Å². The number of rotatable bonds is 5. The van der Waals surface area contributed by atoms with Gasteiger partial charge >= 0.3 is 0 Å². The van der Waals surface area contributed by atoms with Gasteiger partial charge in [0.1, 0.15) is 5.75 Å². The molecule has 0 aromatic heterocycles. The van der Waals surface area contributed by atoms with E-state index in [9.17, 15) is 4.79 Å². The van der Waals surface area contributed by atoms with Gasteiger partial charge < -0.3 is 15.0 Å². The van der Waals surface area contributed by atoms with E-state index < -0.39 is 0 Å². The summed E-state index contributed by atoms with van der Waals surface area (Å²) < 4.78 is 5.63. The molecule has 0 radical (unpaired) electrons. The summed E-state index contributed by atoms with van der Waals surface area (Å²) in [5, 5.41) is 3.21. The standard InChI is InChI=1S/C17H26N2O2.ClH/c1-13-4-5-16(10-14(13)2)21-12-17(20)19-8-6-15(7-9-19)11-18-3;/h4-5,10,15,18H,6-9,11-12H2,1-3H3;1H. The Morgan fingerprint density at radius 1 is 1.27 bits per heavy atom. The molecule has 1 heterocycles. The molecule has 0 spiro atoms. The highest BCUT2D eigenvalue weighted by molar-refractivity contribution is 5.85. The largest absolute Gasteiger partial charge is 0.484 e. The molecule has 0 atom stereocenters. The Morgan fingerprint density at radius 3 is 2.55 bits per heavy atom. The monoisotopic (exact) mass is 326 g/mol. The lowest BCUT2D eigenvalue weighted by molar-refractivity contribution is -0.134. The highest BCUT2D eigenvalue weighted by atomic mass is 35.5. The molecule has 5 heteroatoms. The molecule has 2 rings (SSSR count). The lowest BCUT2D eigenvalue weighted by atomic mass is 9.97. The molecule has 0 bridgehead atoms. The molecule has 1 amide bonds. The SMILES string of the molecule is CNCC1CCN(C(=O)COc2ccc(C)c(C)c2)CC1.Cl. The third-order valence-electron chi connectivity index (χ3n) is 4.30. The van der Waals surface area contributed by atoms with E-state index in [1.165, 1.54) is 11.1 Å². The van der Waals surface area contributed by atoms with Crippen LogP contribution in [0, 0.1) is 19.8 Å². The van der Waals surface area contributed by atoms with Crippen molar-refractivity contribution in [2.45, 2.75) is 26.7 Å². The molecular formula is C17H27ClN2O2. The molecule has 1 saturated heterocycles. The van der Waals surface area contributed by atoms with Crippen molar-refractivity contribution in [3.8, 4) is 5.75 Å². The molecule has 22 heavy (non-hydrogen) atoms. The van der Waals surface area contributed by atoms with Gasteiger partial charge in [0.15, 0.2) is 6.61 Å². The van der Waals surface area contributed by atoms with E-state index in [0.29, 0.717) is 5.92 Å². The number of amides is 1. The third kappa shape index (κ3) is 5.18. The minimum absolute atomic E-state index is 0. The normalized spacial score (nSPS) is 15.3. The van der Waals surface area contributed by atoms with Crippen molar-refractivity contribution >= 4 is 18.3 Å². The number of aryl methyl sites for hydroxylation is 2. The van der Waals surface area contributed by atoms with Gasteiger partial charge in [0.25, 0.3) is 5.91 Å². The molecule has 1 fully saturated rings. The Kier molecular flexibility index (Phi) is 7.69. The number of nitrogens with one attached hydrogen (secondary N) is 1. The van der Waals surface area contributed by atoms with Gasteiger partial charge in [-0.3, -0.25) is 4.79 Å².